The van der Waals surface area contributed by atoms with E-state index in [2.05, 4.69) is 10.6 Å². The molecule has 2 atom stereocenters. The summed E-state index contributed by atoms with van der Waals surface area (Å²) in [5.41, 5.74) is -1.22. The van der Waals surface area contributed by atoms with Gasteiger partial charge in [0, 0.05) is 36.5 Å². The third kappa shape index (κ3) is 11.0. The number of carboxylic acids is 1. The lowest BCUT2D eigenvalue weighted by Crippen LogP contribution is -2.60. The van der Waals surface area contributed by atoms with Gasteiger partial charge in [-0.1, -0.05) is 85.6 Å². The van der Waals surface area contributed by atoms with Crippen LogP contribution in [-0.2, 0) is 32.1 Å². The van der Waals surface area contributed by atoms with Crippen LogP contribution in [0.5, 0.6) is 0 Å². The predicted molar refractivity (Wildman–Crippen MR) is 163 cm³/mol. The first kappa shape index (κ1) is 34.2. The van der Waals surface area contributed by atoms with Crippen LogP contribution in [0.4, 0.5) is 4.79 Å². The standard InChI is InChI=1S/C31H39Cl2N3O7/c1-36(17-15-23-11-5-6-13-25(23)33)27(37)14-16-31(42,29(39)40)35-28(38)26(19-21-8-3-2-4-9-21)34-30(41)43-20-22-10-7-12-24(32)18-22/h5-7,10-13,18,21,26,42H,2-4,8-9,14-17,19-20H2,1H3,(H,34,41)(H,35,38)(H,39,40)/t26-,31?/m0/s1. The highest BCUT2D eigenvalue weighted by molar-refractivity contribution is 6.31. The molecule has 2 aromatic rings. The number of aliphatic carboxylic acids is 1. The van der Waals surface area contributed by atoms with Crippen molar-refractivity contribution in [1.29, 1.82) is 0 Å². The van der Waals surface area contributed by atoms with Crippen molar-refractivity contribution in [3.63, 3.8) is 0 Å². The summed E-state index contributed by atoms with van der Waals surface area (Å²) >= 11 is 12.2. The van der Waals surface area contributed by atoms with Crippen LogP contribution in [0.25, 0.3) is 0 Å². The van der Waals surface area contributed by atoms with Gasteiger partial charge in [-0.25, -0.2) is 9.59 Å². The van der Waals surface area contributed by atoms with Crippen molar-refractivity contribution >= 4 is 47.1 Å². The summed E-state index contributed by atoms with van der Waals surface area (Å²) in [6.07, 6.45) is 3.74. The molecule has 1 saturated carbocycles. The summed E-state index contributed by atoms with van der Waals surface area (Å²) in [6, 6.07) is 12.9. The average molecular weight is 637 g/mol. The van der Waals surface area contributed by atoms with E-state index in [1.165, 1.54) is 4.90 Å². The maximum absolute atomic E-state index is 13.3. The van der Waals surface area contributed by atoms with Gasteiger partial charge in [0.1, 0.15) is 12.6 Å². The van der Waals surface area contributed by atoms with Crippen molar-refractivity contribution in [2.45, 2.75) is 76.2 Å². The number of hydrogen-bond donors (Lipinski definition) is 4. The third-order valence-electron chi connectivity index (χ3n) is 7.65. The second kappa shape index (κ2) is 16.5. The first-order chi connectivity index (χ1) is 20.5. The van der Waals surface area contributed by atoms with E-state index in [0.717, 1.165) is 37.7 Å². The van der Waals surface area contributed by atoms with Crippen LogP contribution in [0.2, 0.25) is 10.0 Å². The van der Waals surface area contributed by atoms with E-state index >= 15 is 0 Å². The lowest BCUT2D eigenvalue weighted by Gasteiger charge is -2.30. The van der Waals surface area contributed by atoms with Crippen LogP contribution in [0.1, 0.15) is 62.5 Å². The molecule has 3 amide bonds. The molecule has 0 heterocycles. The van der Waals surface area contributed by atoms with E-state index in [9.17, 15) is 29.4 Å². The van der Waals surface area contributed by atoms with Gasteiger partial charge in [0.15, 0.2) is 0 Å². The molecular formula is C31H39Cl2N3O7. The SMILES string of the molecule is CN(CCc1ccccc1Cl)C(=O)CCC(O)(NC(=O)[C@H](CC1CCCCC1)NC(=O)OCc1cccc(Cl)c1)C(=O)O. The highest BCUT2D eigenvalue weighted by atomic mass is 35.5. The predicted octanol–water partition coefficient (Wildman–Crippen LogP) is 4.93. The molecule has 0 bridgehead atoms. The molecule has 3 rings (SSSR count). The number of nitrogens with one attached hydrogen (secondary N) is 2. The second-order valence-corrected chi connectivity index (χ2v) is 11.8. The monoisotopic (exact) mass is 635 g/mol. The van der Waals surface area contributed by atoms with Crippen LogP contribution < -0.4 is 10.6 Å². The van der Waals surface area contributed by atoms with E-state index < -0.39 is 42.1 Å². The van der Waals surface area contributed by atoms with E-state index in [1.54, 1.807) is 43.4 Å². The van der Waals surface area contributed by atoms with Crippen LogP contribution in [0.15, 0.2) is 48.5 Å². The van der Waals surface area contributed by atoms with Gasteiger partial charge in [-0.2, -0.15) is 0 Å². The number of carboxylic acid groups (broad SMARTS) is 1. The van der Waals surface area contributed by atoms with Crippen molar-refractivity contribution in [3.8, 4) is 0 Å². The van der Waals surface area contributed by atoms with Crippen LogP contribution in [0.3, 0.4) is 0 Å². The van der Waals surface area contributed by atoms with Crippen molar-refractivity contribution in [1.82, 2.24) is 15.5 Å². The number of carbonyl (C=O) groups excluding carboxylic acids is 3. The number of hydrogen-bond acceptors (Lipinski definition) is 6. The van der Waals surface area contributed by atoms with Gasteiger partial charge >= 0.3 is 12.1 Å². The number of carbonyl (C=O) groups is 4. The molecule has 1 aliphatic carbocycles. The van der Waals surface area contributed by atoms with Gasteiger partial charge in [0.05, 0.1) is 0 Å². The number of alkyl carbamates (subject to hydrolysis) is 1. The van der Waals surface area contributed by atoms with Crippen LogP contribution in [0, 0.1) is 5.92 Å². The minimum atomic E-state index is -2.73. The van der Waals surface area contributed by atoms with E-state index in [4.69, 9.17) is 27.9 Å². The average Bonchev–Trinajstić information content (AvgIpc) is 2.98. The minimum Gasteiger partial charge on any atom is -0.478 e. The maximum atomic E-state index is 13.3. The zero-order chi connectivity index (χ0) is 31.4. The molecule has 1 unspecified atom stereocenters. The Hall–Kier alpha value is -3.34. The quantitative estimate of drug-likeness (QED) is 0.215. The van der Waals surface area contributed by atoms with Crippen molar-refractivity contribution in [2.24, 2.45) is 5.92 Å². The Morgan fingerprint density at radius 3 is 2.47 bits per heavy atom. The molecule has 0 saturated heterocycles. The Balaban J connectivity index is 1.61. The molecule has 12 heteroatoms. The summed E-state index contributed by atoms with van der Waals surface area (Å²) in [5.74, 6) is -2.88. The molecule has 0 aliphatic heterocycles. The molecule has 1 fully saturated rings. The number of aliphatic hydroxyl groups is 1. The molecule has 4 N–H and O–H groups in total. The molecule has 2 aromatic carbocycles. The number of nitrogens with zero attached hydrogens (tertiary/aromatic N) is 1. The fraction of sp³-hybridized carbons (Fsp3) is 0.484. The molecule has 234 valence electrons. The largest absolute Gasteiger partial charge is 0.478 e. The van der Waals surface area contributed by atoms with Gasteiger partial charge in [0.2, 0.25) is 17.5 Å². The molecule has 0 radical (unpaired) electrons. The Morgan fingerprint density at radius 2 is 1.79 bits per heavy atom. The molecule has 1 aliphatic rings. The maximum Gasteiger partial charge on any atom is 0.408 e. The fourth-order valence-electron chi connectivity index (χ4n) is 5.05. The van der Waals surface area contributed by atoms with Crippen molar-refractivity contribution in [3.05, 3.63) is 69.7 Å². The number of likely N-dealkylation sites (N-methyl/N-ethyl adjacent to an activating group) is 1. The summed E-state index contributed by atoms with van der Waals surface area (Å²) in [4.78, 5) is 52.2. The van der Waals surface area contributed by atoms with E-state index in [-0.39, 0.29) is 25.4 Å². The number of rotatable bonds is 14. The number of amides is 3. The van der Waals surface area contributed by atoms with Crippen molar-refractivity contribution < 1.29 is 34.1 Å². The topological polar surface area (TPSA) is 145 Å². The highest BCUT2D eigenvalue weighted by Gasteiger charge is 2.40. The molecule has 0 spiro atoms. The minimum absolute atomic E-state index is 0.0880. The highest BCUT2D eigenvalue weighted by Crippen LogP contribution is 2.28. The zero-order valence-corrected chi connectivity index (χ0v) is 25.7. The zero-order valence-electron chi connectivity index (χ0n) is 24.2. The van der Waals surface area contributed by atoms with Gasteiger partial charge in [-0.15, -0.1) is 0 Å². The van der Waals surface area contributed by atoms with Crippen LogP contribution in [-0.4, -0.2) is 64.3 Å². The van der Waals surface area contributed by atoms with Gasteiger partial charge in [0.25, 0.3) is 0 Å². The first-order valence-corrected chi connectivity index (χ1v) is 15.2. The van der Waals surface area contributed by atoms with E-state index in [0.29, 0.717) is 28.6 Å². The molecule has 43 heavy (non-hydrogen) atoms. The Bertz CT molecular complexity index is 1270. The number of ether oxygens (including phenoxy) is 1. The third-order valence-corrected chi connectivity index (χ3v) is 8.25. The smallest absolute Gasteiger partial charge is 0.408 e. The summed E-state index contributed by atoms with van der Waals surface area (Å²) < 4.78 is 5.27. The van der Waals surface area contributed by atoms with E-state index in [1.807, 2.05) is 12.1 Å². The fourth-order valence-corrected chi connectivity index (χ4v) is 5.50. The first-order valence-electron chi connectivity index (χ1n) is 14.4. The Labute approximate surface area is 261 Å². The summed E-state index contributed by atoms with van der Waals surface area (Å²) in [7, 11) is 1.57. The summed E-state index contributed by atoms with van der Waals surface area (Å²) in [5, 5.41) is 26.5. The summed E-state index contributed by atoms with van der Waals surface area (Å²) in [6.45, 7) is 0.237. The molecule has 0 aromatic heterocycles. The number of benzene rings is 2. The van der Waals surface area contributed by atoms with Gasteiger partial charge < -0.3 is 30.5 Å². The molecule has 10 nitrogen and oxygen atoms in total. The number of halogens is 2. The Kier molecular flexibility index (Phi) is 13.1. The van der Waals surface area contributed by atoms with Crippen LogP contribution >= 0.6 is 23.2 Å². The lowest BCUT2D eigenvalue weighted by molar-refractivity contribution is -0.167. The van der Waals surface area contributed by atoms with Crippen molar-refractivity contribution in [2.75, 3.05) is 13.6 Å². The Morgan fingerprint density at radius 1 is 1.07 bits per heavy atom. The molecular weight excluding hydrogens is 597 g/mol. The normalized spacial score (nSPS) is 15.5. The lowest BCUT2D eigenvalue weighted by atomic mass is 9.84. The van der Waals surface area contributed by atoms with Gasteiger partial charge in [-0.3, -0.25) is 9.59 Å². The second-order valence-electron chi connectivity index (χ2n) is 11.0. The van der Waals surface area contributed by atoms with Gasteiger partial charge in [-0.05, 0) is 48.1 Å².